The Morgan fingerprint density at radius 3 is 2.23 bits per heavy atom. The van der Waals surface area contributed by atoms with Gasteiger partial charge in [-0.2, -0.15) is 0 Å². The zero-order valence-corrected chi connectivity index (χ0v) is 23.0. The van der Waals surface area contributed by atoms with Crippen LogP contribution in [-0.2, 0) is 15.0 Å². The van der Waals surface area contributed by atoms with Crippen molar-refractivity contribution in [3.8, 4) is 5.75 Å². The molecular weight excluding hydrogens is 547 g/mol. The van der Waals surface area contributed by atoms with Crippen molar-refractivity contribution in [2.24, 2.45) is 5.92 Å². The highest BCUT2D eigenvalue weighted by Crippen LogP contribution is 2.62. The van der Waals surface area contributed by atoms with Crippen LogP contribution in [0.25, 0.3) is 6.08 Å². The number of hydrogen-bond donors (Lipinski definition) is 1. The molecule has 1 amide bonds. The molecule has 4 atom stereocenters. The molecule has 3 aliphatic heterocycles. The second kappa shape index (κ2) is 9.87. The van der Waals surface area contributed by atoms with Crippen molar-refractivity contribution in [1.82, 2.24) is 4.90 Å². The lowest BCUT2D eigenvalue weighted by atomic mass is 9.62. The van der Waals surface area contributed by atoms with E-state index >= 15 is 0 Å². The van der Waals surface area contributed by atoms with Crippen LogP contribution >= 0.6 is 0 Å². The molecule has 4 aromatic carbocycles. The predicted molar refractivity (Wildman–Crippen MR) is 157 cm³/mol. The topological polar surface area (TPSA) is 92.8 Å². The fourth-order valence-corrected chi connectivity index (χ4v) is 6.99. The number of fused-ring (bicyclic) bond motifs is 6. The predicted octanol–water partition coefficient (Wildman–Crippen LogP) is 5.73. The van der Waals surface area contributed by atoms with Crippen LogP contribution in [0, 0.1) is 11.7 Å². The summed E-state index contributed by atoms with van der Waals surface area (Å²) in [5.74, 6) is -3.10. The first-order valence-corrected chi connectivity index (χ1v) is 13.9. The number of para-hydroxylation sites is 1. The largest absolute Gasteiger partial charge is 0.427 e. The van der Waals surface area contributed by atoms with Crippen molar-refractivity contribution >= 4 is 35.2 Å². The summed E-state index contributed by atoms with van der Waals surface area (Å²) in [5.41, 5.74) is 1.90. The second-order valence-corrected chi connectivity index (χ2v) is 10.9. The molecule has 0 aromatic heterocycles. The highest BCUT2D eigenvalue weighted by Gasteiger charge is 2.70. The Bertz CT molecular complexity index is 1850. The van der Waals surface area contributed by atoms with Gasteiger partial charge in [-0.1, -0.05) is 42.5 Å². The van der Waals surface area contributed by atoms with Crippen molar-refractivity contribution in [2.75, 3.05) is 5.32 Å². The number of esters is 1. The number of ketones is 2. The minimum Gasteiger partial charge on any atom is -0.427 e. The number of carbonyl (C=O) groups is 4. The third kappa shape index (κ3) is 3.94. The van der Waals surface area contributed by atoms with E-state index in [1.165, 1.54) is 43.3 Å². The number of Topliss-reactive ketones (excluding diaryl/α,β-unsaturated/α-hetero) is 2. The van der Waals surface area contributed by atoms with Gasteiger partial charge in [0.05, 0.1) is 12.0 Å². The maximum atomic E-state index is 14.7. The van der Waals surface area contributed by atoms with E-state index in [0.29, 0.717) is 11.3 Å². The Morgan fingerprint density at radius 2 is 1.49 bits per heavy atom. The lowest BCUT2D eigenvalue weighted by molar-refractivity contribution is -0.131. The number of nitrogens with zero attached hydrogens (tertiary/aromatic N) is 1. The number of hydrogen-bond acceptors (Lipinski definition) is 6. The zero-order valence-electron chi connectivity index (χ0n) is 23.0. The summed E-state index contributed by atoms with van der Waals surface area (Å²) in [6.45, 7) is 1.29. The molecular formula is C35H25FN2O5. The molecule has 212 valence electrons. The second-order valence-electron chi connectivity index (χ2n) is 10.9. The molecule has 1 spiro atoms. The molecule has 0 unspecified atom stereocenters. The Morgan fingerprint density at radius 1 is 0.837 bits per heavy atom. The SMILES string of the molecule is CC(=O)Oc1ccc(C(=O)[C@@H]2[C@H](C(=O)c3ccc(F)cc3)[C@]3(C(=O)Nc4ccccc43)[C@@H]3c4ccccc4C=CN23)cc1. The summed E-state index contributed by atoms with van der Waals surface area (Å²) in [7, 11) is 0. The standard InChI is InChI=1S/C35H25FN2O5/c1-20(39)43-25-16-12-23(13-17-25)32(41)30-29(31(40)22-10-14-24(36)15-11-22)35(27-8-4-5-9-28(27)37-34(35)42)33-26-7-3-2-6-21(26)18-19-38(30)33/h2-19,29-30,33H,1H3,(H,37,42)/t29-,30+,33+,35+/m1/s1. The number of anilines is 1. The minimum absolute atomic E-state index is 0.197. The minimum atomic E-state index is -1.49. The van der Waals surface area contributed by atoms with Gasteiger partial charge < -0.3 is 15.0 Å². The van der Waals surface area contributed by atoms with Crippen LogP contribution in [0.5, 0.6) is 5.75 Å². The average molecular weight is 573 g/mol. The third-order valence-corrected chi connectivity index (χ3v) is 8.65. The summed E-state index contributed by atoms with van der Waals surface area (Å²) < 4.78 is 19.1. The monoisotopic (exact) mass is 572 g/mol. The van der Waals surface area contributed by atoms with Crippen LogP contribution in [0.1, 0.15) is 50.4 Å². The van der Waals surface area contributed by atoms with Crippen LogP contribution in [0.3, 0.4) is 0 Å². The number of benzene rings is 4. The molecule has 1 fully saturated rings. The number of carbonyl (C=O) groups excluding carboxylic acids is 4. The Kier molecular flexibility index (Phi) is 6.09. The Balaban J connectivity index is 1.48. The van der Waals surface area contributed by atoms with E-state index in [1.807, 2.05) is 53.4 Å². The van der Waals surface area contributed by atoms with E-state index in [1.54, 1.807) is 24.4 Å². The van der Waals surface area contributed by atoms with Gasteiger partial charge in [-0.25, -0.2) is 4.39 Å². The quantitative estimate of drug-likeness (QED) is 0.187. The first-order valence-electron chi connectivity index (χ1n) is 13.9. The summed E-state index contributed by atoms with van der Waals surface area (Å²) in [6.07, 6.45) is 3.67. The van der Waals surface area contributed by atoms with Gasteiger partial charge in [0.2, 0.25) is 5.91 Å². The van der Waals surface area contributed by atoms with E-state index in [4.69, 9.17) is 4.74 Å². The summed E-state index contributed by atoms with van der Waals surface area (Å²) in [6, 6.07) is 24.4. The third-order valence-electron chi connectivity index (χ3n) is 8.65. The normalized spacial score (nSPS) is 22.9. The van der Waals surface area contributed by atoms with Crippen molar-refractivity contribution in [2.45, 2.75) is 24.4 Å². The molecule has 0 aliphatic carbocycles. The number of ether oxygens (including phenoxy) is 1. The van der Waals surface area contributed by atoms with Crippen molar-refractivity contribution in [1.29, 1.82) is 0 Å². The summed E-state index contributed by atoms with van der Waals surface area (Å²) in [4.78, 5) is 57.0. The van der Waals surface area contributed by atoms with Gasteiger partial charge in [0.1, 0.15) is 23.0 Å². The molecule has 0 saturated carbocycles. The van der Waals surface area contributed by atoms with Gasteiger partial charge in [0, 0.05) is 29.9 Å². The maximum Gasteiger partial charge on any atom is 0.308 e. The van der Waals surface area contributed by atoms with Crippen molar-refractivity contribution in [3.05, 3.63) is 137 Å². The fraction of sp³-hybridized carbons (Fsp3) is 0.143. The molecule has 1 N–H and O–H groups in total. The molecule has 7 rings (SSSR count). The van der Waals surface area contributed by atoms with Crippen molar-refractivity contribution in [3.63, 3.8) is 0 Å². The fourth-order valence-electron chi connectivity index (χ4n) is 6.99. The number of rotatable bonds is 5. The maximum absolute atomic E-state index is 14.7. The van der Waals surface area contributed by atoms with Gasteiger partial charge in [-0.3, -0.25) is 19.2 Å². The van der Waals surface area contributed by atoms with Crippen LogP contribution in [0.4, 0.5) is 10.1 Å². The van der Waals surface area contributed by atoms with Gasteiger partial charge >= 0.3 is 5.97 Å². The molecule has 1 saturated heterocycles. The molecule has 3 aliphatic rings. The van der Waals surface area contributed by atoms with E-state index in [2.05, 4.69) is 5.32 Å². The first-order chi connectivity index (χ1) is 20.8. The molecule has 43 heavy (non-hydrogen) atoms. The van der Waals surface area contributed by atoms with Crippen LogP contribution < -0.4 is 10.1 Å². The first kappa shape index (κ1) is 26.5. The Hall–Kier alpha value is -5.37. The Labute approximate surface area is 246 Å². The highest BCUT2D eigenvalue weighted by atomic mass is 19.1. The lowest BCUT2D eigenvalue weighted by Gasteiger charge is -2.38. The van der Waals surface area contributed by atoms with E-state index in [-0.39, 0.29) is 28.6 Å². The van der Waals surface area contributed by atoms with Crippen LogP contribution in [0.2, 0.25) is 0 Å². The molecule has 8 heteroatoms. The molecule has 3 heterocycles. The van der Waals surface area contributed by atoms with Gasteiger partial charge in [0.15, 0.2) is 11.6 Å². The summed E-state index contributed by atoms with van der Waals surface area (Å²) >= 11 is 0. The highest BCUT2D eigenvalue weighted by molar-refractivity contribution is 6.16. The lowest BCUT2D eigenvalue weighted by Crippen LogP contribution is -2.49. The molecule has 4 aromatic rings. The van der Waals surface area contributed by atoms with Crippen molar-refractivity contribution < 1.29 is 28.3 Å². The molecule has 0 radical (unpaired) electrons. The molecule has 7 nitrogen and oxygen atoms in total. The zero-order chi connectivity index (χ0) is 29.9. The van der Waals surface area contributed by atoms with Gasteiger partial charge in [-0.15, -0.1) is 0 Å². The van der Waals surface area contributed by atoms with E-state index in [9.17, 15) is 23.6 Å². The van der Waals surface area contributed by atoms with Gasteiger partial charge in [0.25, 0.3) is 0 Å². The molecule has 0 bridgehead atoms. The van der Waals surface area contributed by atoms with Gasteiger partial charge in [-0.05, 0) is 77.4 Å². The van der Waals surface area contributed by atoms with Crippen LogP contribution in [-0.4, -0.2) is 34.4 Å². The average Bonchev–Trinajstić information content (AvgIpc) is 3.49. The summed E-state index contributed by atoms with van der Waals surface area (Å²) in [5, 5.41) is 3.00. The smallest absolute Gasteiger partial charge is 0.308 e. The number of amides is 1. The van der Waals surface area contributed by atoms with Crippen LogP contribution in [0.15, 0.2) is 103 Å². The van der Waals surface area contributed by atoms with E-state index in [0.717, 1.165) is 11.1 Å². The number of nitrogens with one attached hydrogen (secondary N) is 1. The van der Waals surface area contributed by atoms with E-state index < -0.39 is 41.0 Å². The number of halogens is 1.